The van der Waals surface area contributed by atoms with Gasteiger partial charge in [-0.25, -0.2) is 0 Å². The lowest BCUT2D eigenvalue weighted by Gasteiger charge is -2.22. The molecule has 0 spiro atoms. The zero-order valence-electron chi connectivity index (χ0n) is 11.7. The van der Waals surface area contributed by atoms with Crippen molar-refractivity contribution in [2.75, 3.05) is 6.54 Å². The highest BCUT2D eigenvalue weighted by Gasteiger charge is 2.25. The third-order valence-corrected chi connectivity index (χ3v) is 3.15. The van der Waals surface area contributed by atoms with Crippen LogP contribution in [0.2, 0.25) is 6.32 Å². The van der Waals surface area contributed by atoms with Crippen molar-refractivity contribution in [3.8, 4) is 0 Å². The molecule has 116 valence electrons. The summed E-state index contributed by atoms with van der Waals surface area (Å²) in [6.07, 6.45) is 1.38. The van der Waals surface area contributed by atoms with Gasteiger partial charge in [0.05, 0.1) is 6.04 Å². The van der Waals surface area contributed by atoms with Crippen LogP contribution in [0.15, 0.2) is 0 Å². The van der Waals surface area contributed by atoms with Crippen LogP contribution in [0.4, 0.5) is 0 Å². The maximum absolute atomic E-state index is 11.5. The van der Waals surface area contributed by atoms with Gasteiger partial charge >= 0.3 is 13.1 Å². The second kappa shape index (κ2) is 9.70. The van der Waals surface area contributed by atoms with E-state index in [0.717, 1.165) is 0 Å². The monoisotopic (exact) mass is 289 g/mol. The minimum atomic E-state index is -1.43. The third-order valence-electron chi connectivity index (χ3n) is 3.15. The summed E-state index contributed by atoms with van der Waals surface area (Å²) in [5.41, 5.74) is 11.1. The molecule has 0 aliphatic rings. The molecule has 0 aliphatic heterocycles. The second-order valence-electron chi connectivity index (χ2n) is 4.80. The average molecular weight is 289 g/mol. The van der Waals surface area contributed by atoms with Gasteiger partial charge in [0.1, 0.15) is 6.04 Å². The van der Waals surface area contributed by atoms with Gasteiger partial charge in [-0.15, -0.1) is 0 Å². The quantitative estimate of drug-likeness (QED) is 0.257. The second-order valence-corrected chi connectivity index (χ2v) is 4.80. The molecule has 8 nitrogen and oxygen atoms in total. The number of carboxylic acid groups (broad SMARTS) is 1. The van der Waals surface area contributed by atoms with Crippen LogP contribution in [0.1, 0.15) is 26.2 Å². The molecule has 0 heterocycles. The zero-order valence-corrected chi connectivity index (χ0v) is 11.7. The van der Waals surface area contributed by atoms with Crippen LogP contribution in [0, 0.1) is 5.92 Å². The van der Waals surface area contributed by atoms with Crippen molar-refractivity contribution in [1.82, 2.24) is 5.32 Å². The molecular weight excluding hydrogens is 265 g/mol. The fourth-order valence-electron chi connectivity index (χ4n) is 1.72. The molecule has 0 aromatic heterocycles. The molecule has 2 unspecified atom stereocenters. The number of aliphatic carboxylic acids is 1. The van der Waals surface area contributed by atoms with E-state index in [9.17, 15) is 9.59 Å². The Bertz CT molecular complexity index is 316. The highest BCUT2D eigenvalue weighted by atomic mass is 16.4. The molecule has 0 aromatic carbocycles. The molecule has 3 atom stereocenters. The average Bonchev–Trinajstić information content (AvgIpc) is 2.39. The van der Waals surface area contributed by atoms with Gasteiger partial charge in [0.2, 0.25) is 5.91 Å². The zero-order chi connectivity index (χ0) is 15.7. The van der Waals surface area contributed by atoms with E-state index in [0.29, 0.717) is 19.3 Å². The molecule has 0 aliphatic carbocycles. The first-order valence-electron chi connectivity index (χ1n) is 6.67. The van der Waals surface area contributed by atoms with E-state index in [1.54, 1.807) is 6.92 Å². The largest absolute Gasteiger partial charge is 0.480 e. The summed E-state index contributed by atoms with van der Waals surface area (Å²) in [7, 11) is -1.43. The van der Waals surface area contributed by atoms with Gasteiger partial charge in [-0.2, -0.15) is 0 Å². The number of hydrogen-bond acceptors (Lipinski definition) is 6. The maximum atomic E-state index is 11.5. The Morgan fingerprint density at radius 1 is 1.30 bits per heavy atom. The predicted molar refractivity (Wildman–Crippen MR) is 74.6 cm³/mol. The van der Waals surface area contributed by atoms with E-state index in [-0.39, 0.29) is 18.8 Å². The fraction of sp³-hybridized carbons (Fsp3) is 0.818. The van der Waals surface area contributed by atoms with Crippen LogP contribution < -0.4 is 16.8 Å². The summed E-state index contributed by atoms with van der Waals surface area (Å²) in [5, 5.41) is 29.0. The van der Waals surface area contributed by atoms with Crippen molar-refractivity contribution in [3.05, 3.63) is 0 Å². The van der Waals surface area contributed by atoms with Crippen molar-refractivity contribution < 1.29 is 24.7 Å². The molecule has 1 amide bonds. The summed E-state index contributed by atoms with van der Waals surface area (Å²) < 4.78 is 0. The van der Waals surface area contributed by atoms with Crippen molar-refractivity contribution >= 4 is 19.0 Å². The summed E-state index contributed by atoms with van der Waals surface area (Å²) in [4.78, 5) is 22.5. The van der Waals surface area contributed by atoms with E-state index >= 15 is 0 Å². The van der Waals surface area contributed by atoms with Crippen molar-refractivity contribution in [2.45, 2.75) is 44.6 Å². The summed E-state index contributed by atoms with van der Waals surface area (Å²) >= 11 is 0. The molecule has 20 heavy (non-hydrogen) atoms. The highest BCUT2D eigenvalue weighted by Crippen LogP contribution is 2.12. The van der Waals surface area contributed by atoms with E-state index in [1.807, 2.05) is 0 Å². The lowest BCUT2D eigenvalue weighted by Crippen LogP contribution is -2.47. The first kappa shape index (κ1) is 18.8. The first-order chi connectivity index (χ1) is 9.29. The number of nitrogens with two attached hydrogens (primary N) is 2. The van der Waals surface area contributed by atoms with Crippen LogP contribution >= 0.6 is 0 Å². The van der Waals surface area contributed by atoms with Crippen LogP contribution in [-0.4, -0.2) is 52.8 Å². The van der Waals surface area contributed by atoms with Crippen LogP contribution in [0.5, 0.6) is 0 Å². The lowest BCUT2D eigenvalue weighted by molar-refractivity contribution is -0.140. The standard InChI is InChI=1S/C11H24BN3O5/c1-2-8(13)10(16)15-6-7(9(14)11(17)18)4-3-5-12(19)20/h7-9,19-20H,2-6,13-14H2,1H3,(H,15,16)(H,17,18)/t7?,8-,9?/m0/s1. The van der Waals surface area contributed by atoms with Gasteiger partial charge < -0.3 is 31.9 Å². The molecule has 0 fully saturated rings. The van der Waals surface area contributed by atoms with Gasteiger partial charge in [-0.05, 0) is 19.2 Å². The van der Waals surface area contributed by atoms with Gasteiger partial charge in [-0.3, -0.25) is 9.59 Å². The topological polar surface area (TPSA) is 159 Å². The normalized spacial score (nSPS) is 15.2. The number of carbonyl (C=O) groups excluding carboxylic acids is 1. The highest BCUT2D eigenvalue weighted by molar-refractivity contribution is 6.40. The molecule has 0 saturated carbocycles. The summed E-state index contributed by atoms with van der Waals surface area (Å²) in [6.45, 7) is 1.87. The number of carbonyl (C=O) groups is 2. The van der Waals surface area contributed by atoms with Crippen LogP contribution in [0.3, 0.4) is 0 Å². The molecular formula is C11H24BN3O5. The Balaban J connectivity index is 4.38. The summed E-state index contributed by atoms with van der Waals surface area (Å²) in [5.74, 6) is -2.00. The lowest BCUT2D eigenvalue weighted by atomic mass is 9.81. The molecule has 9 heteroatoms. The number of rotatable bonds is 10. The minimum Gasteiger partial charge on any atom is -0.480 e. The number of carboxylic acids is 1. The molecule has 0 radical (unpaired) electrons. The number of amides is 1. The maximum Gasteiger partial charge on any atom is 0.451 e. The van der Waals surface area contributed by atoms with Gasteiger partial charge in [0, 0.05) is 12.5 Å². The Morgan fingerprint density at radius 2 is 1.90 bits per heavy atom. The van der Waals surface area contributed by atoms with E-state index < -0.39 is 31.1 Å². The van der Waals surface area contributed by atoms with E-state index in [1.165, 1.54) is 0 Å². The number of nitrogens with one attached hydrogen (secondary N) is 1. The first-order valence-corrected chi connectivity index (χ1v) is 6.67. The smallest absolute Gasteiger partial charge is 0.451 e. The van der Waals surface area contributed by atoms with Gasteiger partial charge in [-0.1, -0.05) is 13.3 Å². The van der Waals surface area contributed by atoms with Crippen molar-refractivity contribution in [3.63, 3.8) is 0 Å². The van der Waals surface area contributed by atoms with E-state index in [2.05, 4.69) is 5.32 Å². The van der Waals surface area contributed by atoms with Gasteiger partial charge in [0.25, 0.3) is 0 Å². The molecule has 0 bridgehead atoms. The molecule has 0 aromatic rings. The Kier molecular flexibility index (Phi) is 9.14. The number of hydrogen-bond donors (Lipinski definition) is 6. The van der Waals surface area contributed by atoms with E-state index in [4.69, 9.17) is 26.6 Å². The third kappa shape index (κ3) is 7.44. The van der Waals surface area contributed by atoms with Crippen LogP contribution in [-0.2, 0) is 9.59 Å². The predicted octanol–water partition coefficient (Wildman–Crippen LogP) is -1.88. The molecule has 0 saturated heterocycles. The fourth-order valence-corrected chi connectivity index (χ4v) is 1.72. The van der Waals surface area contributed by atoms with Crippen molar-refractivity contribution in [1.29, 1.82) is 0 Å². The Morgan fingerprint density at radius 3 is 2.35 bits per heavy atom. The minimum absolute atomic E-state index is 0.0987. The molecule has 0 rings (SSSR count). The van der Waals surface area contributed by atoms with Crippen LogP contribution in [0.25, 0.3) is 0 Å². The summed E-state index contributed by atoms with van der Waals surface area (Å²) in [6, 6.07) is -1.75. The SMILES string of the molecule is CC[C@H](N)C(=O)NCC(CCCB(O)O)C(N)C(=O)O. The van der Waals surface area contributed by atoms with Gasteiger partial charge in [0.15, 0.2) is 0 Å². The molecule has 8 N–H and O–H groups in total. The Labute approximate surface area is 118 Å². The Hall–Kier alpha value is -1.16. The van der Waals surface area contributed by atoms with Crippen molar-refractivity contribution in [2.24, 2.45) is 17.4 Å².